The summed E-state index contributed by atoms with van der Waals surface area (Å²) in [6, 6.07) is 7.23. The predicted molar refractivity (Wildman–Crippen MR) is 57.0 cm³/mol. The molecule has 1 atom stereocenters. The summed E-state index contributed by atoms with van der Waals surface area (Å²) in [5.74, 6) is 0. The lowest BCUT2D eigenvalue weighted by Crippen LogP contribution is -2.04. The van der Waals surface area contributed by atoms with Gasteiger partial charge in [-0.2, -0.15) is 0 Å². The van der Waals surface area contributed by atoms with Gasteiger partial charge in [-0.1, -0.05) is 22.9 Å². The Bertz CT molecular complexity index is 467. The van der Waals surface area contributed by atoms with Crippen LogP contribution in [-0.4, -0.2) is 20.1 Å². The standard InChI is InChI=1S/C10H10ClN3O/c1-7(15)10-6-12-13-14(10)9-4-2-3-8(11)5-9/h2-7,15H,1H3. The van der Waals surface area contributed by atoms with Crippen LogP contribution in [0.1, 0.15) is 18.7 Å². The molecular formula is C10H10ClN3O. The number of benzene rings is 1. The first-order valence-electron chi connectivity index (χ1n) is 4.53. The summed E-state index contributed by atoms with van der Waals surface area (Å²) in [4.78, 5) is 0. The highest BCUT2D eigenvalue weighted by atomic mass is 35.5. The summed E-state index contributed by atoms with van der Waals surface area (Å²) in [6.45, 7) is 1.67. The van der Waals surface area contributed by atoms with Crippen LogP contribution in [0.15, 0.2) is 30.5 Å². The number of nitrogens with zero attached hydrogens (tertiary/aromatic N) is 3. The smallest absolute Gasteiger partial charge is 0.0949 e. The van der Waals surface area contributed by atoms with Gasteiger partial charge < -0.3 is 5.11 Å². The minimum Gasteiger partial charge on any atom is -0.387 e. The van der Waals surface area contributed by atoms with E-state index in [2.05, 4.69) is 10.3 Å². The Morgan fingerprint density at radius 1 is 1.47 bits per heavy atom. The SMILES string of the molecule is CC(O)c1cnnn1-c1cccc(Cl)c1. The Kier molecular flexibility index (Phi) is 2.70. The molecule has 0 aliphatic rings. The fraction of sp³-hybridized carbons (Fsp3) is 0.200. The van der Waals surface area contributed by atoms with Gasteiger partial charge in [-0.3, -0.25) is 0 Å². The molecule has 2 aromatic rings. The van der Waals surface area contributed by atoms with E-state index in [1.807, 2.05) is 12.1 Å². The van der Waals surface area contributed by atoms with Crippen molar-refractivity contribution in [3.63, 3.8) is 0 Å². The zero-order valence-corrected chi connectivity index (χ0v) is 8.89. The molecule has 0 bridgehead atoms. The van der Waals surface area contributed by atoms with Gasteiger partial charge >= 0.3 is 0 Å². The monoisotopic (exact) mass is 223 g/mol. The van der Waals surface area contributed by atoms with E-state index in [9.17, 15) is 5.11 Å². The molecule has 2 rings (SSSR count). The van der Waals surface area contributed by atoms with Crippen molar-refractivity contribution in [2.75, 3.05) is 0 Å². The van der Waals surface area contributed by atoms with Crippen LogP contribution < -0.4 is 0 Å². The van der Waals surface area contributed by atoms with Gasteiger partial charge in [-0.15, -0.1) is 5.10 Å². The van der Waals surface area contributed by atoms with E-state index in [1.165, 1.54) is 6.20 Å². The summed E-state index contributed by atoms with van der Waals surface area (Å²) in [7, 11) is 0. The quantitative estimate of drug-likeness (QED) is 0.847. The van der Waals surface area contributed by atoms with Crippen LogP contribution in [0.3, 0.4) is 0 Å². The first-order valence-corrected chi connectivity index (χ1v) is 4.91. The third-order valence-corrected chi connectivity index (χ3v) is 2.29. The fourth-order valence-electron chi connectivity index (χ4n) is 1.34. The van der Waals surface area contributed by atoms with Crippen molar-refractivity contribution in [2.45, 2.75) is 13.0 Å². The topological polar surface area (TPSA) is 50.9 Å². The minimum absolute atomic E-state index is 0.612. The van der Waals surface area contributed by atoms with Crippen LogP contribution in [-0.2, 0) is 0 Å². The molecule has 0 fully saturated rings. The minimum atomic E-state index is -0.612. The highest BCUT2D eigenvalue weighted by Crippen LogP contribution is 2.18. The van der Waals surface area contributed by atoms with Gasteiger partial charge in [0.25, 0.3) is 0 Å². The Morgan fingerprint density at radius 2 is 2.27 bits per heavy atom. The molecule has 0 saturated carbocycles. The molecular weight excluding hydrogens is 214 g/mol. The maximum absolute atomic E-state index is 9.49. The average molecular weight is 224 g/mol. The molecule has 1 N–H and O–H groups in total. The summed E-state index contributed by atoms with van der Waals surface area (Å²) in [5.41, 5.74) is 1.42. The van der Waals surface area contributed by atoms with E-state index in [0.717, 1.165) is 5.69 Å². The van der Waals surface area contributed by atoms with Crippen LogP contribution in [0.25, 0.3) is 5.69 Å². The van der Waals surface area contributed by atoms with Gasteiger partial charge in [0, 0.05) is 5.02 Å². The maximum atomic E-state index is 9.49. The van der Waals surface area contributed by atoms with Gasteiger partial charge in [0.15, 0.2) is 0 Å². The molecule has 0 aliphatic heterocycles. The van der Waals surface area contributed by atoms with Gasteiger partial charge in [0.05, 0.1) is 23.7 Å². The molecule has 4 nitrogen and oxygen atoms in total. The summed E-state index contributed by atoms with van der Waals surface area (Å²) >= 11 is 5.87. The van der Waals surface area contributed by atoms with Crippen LogP contribution in [0.4, 0.5) is 0 Å². The van der Waals surface area contributed by atoms with Crippen molar-refractivity contribution in [2.24, 2.45) is 0 Å². The fourth-order valence-corrected chi connectivity index (χ4v) is 1.52. The molecule has 1 aromatic carbocycles. The Labute approximate surface area is 92.1 Å². The van der Waals surface area contributed by atoms with Crippen molar-refractivity contribution < 1.29 is 5.11 Å². The second-order valence-electron chi connectivity index (χ2n) is 3.23. The molecule has 0 aliphatic carbocycles. The normalized spacial score (nSPS) is 12.7. The Hall–Kier alpha value is -1.39. The average Bonchev–Trinajstić information content (AvgIpc) is 2.65. The summed E-state index contributed by atoms with van der Waals surface area (Å²) in [5, 5.41) is 17.8. The molecule has 1 unspecified atom stereocenters. The molecule has 15 heavy (non-hydrogen) atoms. The number of hydrogen-bond acceptors (Lipinski definition) is 3. The van der Waals surface area contributed by atoms with E-state index < -0.39 is 6.10 Å². The number of aliphatic hydroxyl groups is 1. The number of hydrogen-bond donors (Lipinski definition) is 1. The third kappa shape index (κ3) is 2.00. The second-order valence-corrected chi connectivity index (χ2v) is 3.66. The van der Waals surface area contributed by atoms with Crippen LogP contribution in [0.2, 0.25) is 5.02 Å². The van der Waals surface area contributed by atoms with Crippen molar-refractivity contribution in [1.82, 2.24) is 15.0 Å². The van der Waals surface area contributed by atoms with Crippen molar-refractivity contribution in [3.05, 3.63) is 41.2 Å². The van der Waals surface area contributed by atoms with E-state index in [0.29, 0.717) is 10.7 Å². The van der Waals surface area contributed by atoms with Gasteiger partial charge in [-0.05, 0) is 25.1 Å². The molecule has 0 spiro atoms. The molecule has 1 heterocycles. The highest BCUT2D eigenvalue weighted by Gasteiger charge is 2.10. The van der Waals surface area contributed by atoms with Gasteiger partial charge in [0.2, 0.25) is 0 Å². The van der Waals surface area contributed by atoms with E-state index in [1.54, 1.807) is 23.7 Å². The molecule has 0 saturated heterocycles. The summed E-state index contributed by atoms with van der Waals surface area (Å²) in [6.07, 6.45) is 0.921. The Balaban J connectivity index is 2.49. The van der Waals surface area contributed by atoms with Crippen LogP contribution in [0.5, 0.6) is 0 Å². The van der Waals surface area contributed by atoms with E-state index >= 15 is 0 Å². The third-order valence-electron chi connectivity index (χ3n) is 2.06. The maximum Gasteiger partial charge on any atom is 0.0949 e. The first kappa shape index (κ1) is 10.1. The highest BCUT2D eigenvalue weighted by molar-refractivity contribution is 6.30. The summed E-state index contributed by atoms with van der Waals surface area (Å²) < 4.78 is 1.57. The molecule has 78 valence electrons. The Morgan fingerprint density at radius 3 is 2.93 bits per heavy atom. The zero-order valence-electron chi connectivity index (χ0n) is 8.13. The number of aromatic nitrogens is 3. The molecule has 0 radical (unpaired) electrons. The van der Waals surface area contributed by atoms with E-state index in [4.69, 9.17) is 11.6 Å². The molecule has 0 amide bonds. The molecule has 1 aromatic heterocycles. The number of rotatable bonds is 2. The van der Waals surface area contributed by atoms with Crippen molar-refractivity contribution in [1.29, 1.82) is 0 Å². The second kappa shape index (κ2) is 4.00. The lowest BCUT2D eigenvalue weighted by molar-refractivity contribution is 0.191. The number of halogens is 1. The van der Waals surface area contributed by atoms with Gasteiger partial charge in [0.1, 0.15) is 0 Å². The largest absolute Gasteiger partial charge is 0.387 e. The van der Waals surface area contributed by atoms with Gasteiger partial charge in [-0.25, -0.2) is 4.68 Å². The first-order chi connectivity index (χ1) is 7.18. The van der Waals surface area contributed by atoms with Crippen LogP contribution in [0, 0.1) is 0 Å². The van der Waals surface area contributed by atoms with Crippen molar-refractivity contribution in [3.8, 4) is 5.69 Å². The lowest BCUT2D eigenvalue weighted by atomic mass is 10.2. The number of aliphatic hydroxyl groups excluding tert-OH is 1. The van der Waals surface area contributed by atoms with Crippen molar-refractivity contribution >= 4 is 11.6 Å². The van der Waals surface area contributed by atoms with E-state index in [-0.39, 0.29) is 0 Å². The van der Waals surface area contributed by atoms with Crippen LogP contribution >= 0.6 is 11.6 Å². The molecule has 5 heteroatoms. The zero-order chi connectivity index (χ0) is 10.8. The lowest BCUT2D eigenvalue weighted by Gasteiger charge is -2.07. The predicted octanol–water partition coefficient (Wildman–Crippen LogP) is 1.97.